The van der Waals surface area contributed by atoms with Gasteiger partial charge in [0.25, 0.3) is 0 Å². The van der Waals surface area contributed by atoms with Crippen LogP contribution in [-0.2, 0) is 0 Å². The number of likely N-dealkylation sites (N-methyl/N-ethyl adjacent to an activating group) is 1. The van der Waals surface area contributed by atoms with Crippen molar-refractivity contribution in [2.24, 2.45) is 5.92 Å². The first-order valence-electron chi connectivity index (χ1n) is 7.17. The summed E-state index contributed by atoms with van der Waals surface area (Å²) in [6.07, 6.45) is 2.20. The maximum absolute atomic E-state index is 9.95. The molecule has 1 unspecified atom stereocenters. The van der Waals surface area contributed by atoms with E-state index in [1.807, 2.05) is 0 Å². The summed E-state index contributed by atoms with van der Waals surface area (Å²) >= 11 is 0. The average molecular weight is 244 g/mol. The molecule has 0 saturated carbocycles. The molecule has 0 amide bonds. The zero-order chi connectivity index (χ0) is 13.3. The van der Waals surface area contributed by atoms with E-state index >= 15 is 0 Å². The van der Waals surface area contributed by atoms with E-state index in [1.54, 1.807) is 0 Å². The Balaban J connectivity index is 3.93. The van der Waals surface area contributed by atoms with Gasteiger partial charge >= 0.3 is 0 Å². The van der Waals surface area contributed by atoms with Gasteiger partial charge in [-0.3, -0.25) is 0 Å². The number of nitrogens with one attached hydrogen (secondary N) is 1. The van der Waals surface area contributed by atoms with Crippen molar-refractivity contribution < 1.29 is 5.11 Å². The second-order valence-electron chi connectivity index (χ2n) is 5.25. The molecule has 104 valence electrons. The molecule has 0 aromatic rings. The number of hydrogen-bond donors (Lipinski definition) is 2. The summed E-state index contributed by atoms with van der Waals surface area (Å²) in [5.74, 6) is 0.764. The number of rotatable bonds is 10. The number of aliphatic hydroxyl groups is 1. The minimum atomic E-state index is -0.258. The molecule has 0 aromatic heterocycles. The summed E-state index contributed by atoms with van der Waals surface area (Å²) < 4.78 is 0. The second-order valence-corrected chi connectivity index (χ2v) is 5.25. The lowest BCUT2D eigenvalue weighted by molar-refractivity contribution is 0.102. The minimum absolute atomic E-state index is 0.258. The van der Waals surface area contributed by atoms with Gasteiger partial charge in [0.15, 0.2) is 0 Å². The predicted octanol–water partition coefficient (Wildman–Crippen LogP) is 2.10. The Bertz CT molecular complexity index is 170. The fourth-order valence-corrected chi connectivity index (χ4v) is 1.98. The lowest BCUT2D eigenvalue weighted by atomic mass is 10.0. The van der Waals surface area contributed by atoms with E-state index in [2.05, 4.69) is 44.8 Å². The van der Waals surface area contributed by atoms with Crippen molar-refractivity contribution in [2.75, 3.05) is 26.2 Å². The molecule has 3 nitrogen and oxygen atoms in total. The molecule has 0 heterocycles. The third-order valence-corrected chi connectivity index (χ3v) is 3.35. The lowest BCUT2D eigenvalue weighted by Gasteiger charge is -2.27. The van der Waals surface area contributed by atoms with Gasteiger partial charge in [-0.2, -0.15) is 0 Å². The van der Waals surface area contributed by atoms with Crippen molar-refractivity contribution in [2.45, 2.75) is 59.6 Å². The van der Waals surface area contributed by atoms with E-state index in [0.29, 0.717) is 12.6 Å². The summed E-state index contributed by atoms with van der Waals surface area (Å²) in [5.41, 5.74) is 0. The van der Waals surface area contributed by atoms with Crippen LogP contribution in [0.3, 0.4) is 0 Å². The van der Waals surface area contributed by atoms with Crippen LogP contribution in [0.15, 0.2) is 0 Å². The van der Waals surface area contributed by atoms with Crippen molar-refractivity contribution >= 4 is 0 Å². The molecule has 0 aliphatic heterocycles. The van der Waals surface area contributed by atoms with Crippen LogP contribution < -0.4 is 5.32 Å². The smallest absolute Gasteiger partial charge is 0.0791 e. The molecule has 0 aliphatic carbocycles. The molecule has 0 aliphatic rings. The fraction of sp³-hybridized carbons (Fsp3) is 1.00. The van der Waals surface area contributed by atoms with E-state index in [1.165, 1.54) is 12.8 Å². The average Bonchev–Trinajstić information content (AvgIpc) is 2.31. The Labute approximate surface area is 108 Å². The van der Waals surface area contributed by atoms with Gasteiger partial charge in [-0.1, -0.05) is 47.5 Å². The molecule has 2 N–H and O–H groups in total. The molecule has 3 heteroatoms. The number of nitrogens with zero attached hydrogens (tertiary/aromatic N) is 1. The molecular formula is C14H32N2O. The highest BCUT2D eigenvalue weighted by molar-refractivity contribution is 4.70. The first-order chi connectivity index (χ1) is 8.03. The summed E-state index contributed by atoms with van der Waals surface area (Å²) in [5, 5.41) is 13.2. The Morgan fingerprint density at radius 1 is 1.06 bits per heavy atom. The lowest BCUT2D eigenvalue weighted by Crippen LogP contribution is -2.41. The van der Waals surface area contributed by atoms with Crippen LogP contribution in [0, 0.1) is 5.92 Å². The Kier molecular flexibility index (Phi) is 9.79. The van der Waals surface area contributed by atoms with Gasteiger partial charge in [0.1, 0.15) is 0 Å². The van der Waals surface area contributed by atoms with Crippen LogP contribution in [-0.4, -0.2) is 48.3 Å². The monoisotopic (exact) mass is 244 g/mol. The normalized spacial score (nSPS) is 13.9. The van der Waals surface area contributed by atoms with Crippen molar-refractivity contribution in [1.29, 1.82) is 0 Å². The van der Waals surface area contributed by atoms with Gasteiger partial charge in [-0.25, -0.2) is 0 Å². The van der Waals surface area contributed by atoms with E-state index in [4.69, 9.17) is 0 Å². The first kappa shape index (κ1) is 16.9. The van der Waals surface area contributed by atoms with Gasteiger partial charge in [-0.15, -0.1) is 0 Å². The summed E-state index contributed by atoms with van der Waals surface area (Å²) in [6.45, 7) is 14.5. The Hall–Kier alpha value is -0.120. The number of aliphatic hydroxyl groups excluding tert-OH is 1. The molecule has 17 heavy (non-hydrogen) atoms. The van der Waals surface area contributed by atoms with Gasteiger partial charge < -0.3 is 15.3 Å². The van der Waals surface area contributed by atoms with E-state index in [9.17, 15) is 5.11 Å². The summed E-state index contributed by atoms with van der Waals surface area (Å²) in [7, 11) is 0. The Morgan fingerprint density at radius 3 is 2.06 bits per heavy atom. The molecule has 0 saturated heterocycles. The molecule has 0 radical (unpaired) electrons. The van der Waals surface area contributed by atoms with Crippen LogP contribution in [0.4, 0.5) is 0 Å². The van der Waals surface area contributed by atoms with E-state index in [-0.39, 0.29) is 6.10 Å². The van der Waals surface area contributed by atoms with Gasteiger partial charge in [0, 0.05) is 25.7 Å². The van der Waals surface area contributed by atoms with Crippen molar-refractivity contribution in [3.8, 4) is 0 Å². The summed E-state index contributed by atoms with van der Waals surface area (Å²) in [4.78, 5) is 2.37. The molecule has 0 fully saturated rings. The molecule has 0 rings (SSSR count). The van der Waals surface area contributed by atoms with Crippen LogP contribution in [0.5, 0.6) is 0 Å². The minimum Gasteiger partial charge on any atom is -0.390 e. The zero-order valence-corrected chi connectivity index (χ0v) is 12.4. The third-order valence-electron chi connectivity index (χ3n) is 3.35. The zero-order valence-electron chi connectivity index (χ0n) is 12.4. The highest BCUT2D eigenvalue weighted by Crippen LogP contribution is 2.10. The molecule has 1 atom stereocenters. The molecule has 0 aromatic carbocycles. The van der Waals surface area contributed by atoms with Crippen LogP contribution in [0.2, 0.25) is 0 Å². The van der Waals surface area contributed by atoms with Gasteiger partial charge in [0.05, 0.1) is 6.10 Å². The largest absolute Gasteiger partial charge is 0.390 e. The quantitative estimate of drug-likeness (QED) is 0.618. The van der Waals surface area contributed by atoms with Crippen molar-refractivity contribution in [3.63, 3.8) is 0 Å². The van der Waals surface area contributed by atoms with E-state index < -0.39 is 0 Å². The second kappa shape index (κ2) is 9.86. The molecule has 0 spiro atoms. The Morgan fingerprint density at radius 2 is 1.65 bits per heavy atom. The van der Waals surface area contributed by atoms with Crippen LogP contribution >= 0.6 is 0 Å². The SMILES string of the molecule is CCC(CC)CN(CC)CC(O)CNC(C)C. The third kappa shape index (κ3) is 8.58. The van der Waals surface area contributed by atoms with E-state index in [0.717, 1.165) is 25.6 Å². The van der Waals surface area contributed by atoms with Gasteiger partial charge in [-0.05, 0) is 12.5 Å². The highest BCUT2D eigenvalue weighted by Gasteiger charge is 2.14. The predicted molar refractivity (Wildman–Crippen MR) is 75.3 cm³/mol. The molecular weight excluding hydrogens is 212 g/mol. The maximum Gasteiger partial charge on any atom is 0.0791 e. The standard InChI is InChI=1S/C14H32N2O/c1-6-13(7-2)10-16(8-3)11-14(17)9-15-12(4)5/h12-15,17H,6-11H2,1-5H3. The first-order valence-corrected chi connectivity index (χ1v) is 7.17. The van der Waals surface area contributed by atoms with Crippen molar-refractivity contribution in [1.82, 2.24) is 10.2 Å². The maximum atomic E-state index is 9.95. The molecule has 0 bridgehead atoms. The van der Waals surface area contributed by atoms with Crippen LogP contribution in [0.25, 0.3) is 0 Å². The highest BCUT2D eigenvalue weighted by atomic mass is 16.3. The summed E-state index contributed by atoms with van der Waals surface area (Å²) in [6, 6.07) is 0.443. The fourth-order valence-electron chi connectivity index (χ4n) is 1.98. The van der Waals surface area contributed by atoms with Gasteiger partial charge in [0.2, 0.25) is 0 Å². The topological polar surface area (TPSA) is 35.5 Å². The van der Waals surface area contributed by atoms with Crippen LogP contribution in [0.1, 0.15) is 47.5 Å². The van der Waals surface area contributed by atoms with Crippen molar-refractivity contribution in [3.05, 3.63) is 0 Å². The number of hydrogen-bond acceptors (Lipinski definition) is 3.